The predicted molar refractivity (Wildman–Crippen MR) is 66.2 cm³/mol. The summed E-state index contributed by atoms with van der Waals surface area (Å²) in [4.78, 5) is 0. The number of hydrogen-bond donors (Lipinski definition) is 1. The van der Waals surface area contributed by atoms with Crippen LogP contribution in [0.25, 0.3) is 11.3 Å². The van der Waals surface area contributed by atoms with Crippen molar-refractivity contribution in [3.05, 3.63) is 47.7 Å². The summed E-state index contributed by atoms with van der Waals surface area (Å²) in [5, 5.41) is 0. The van der Waals surface area contributed by atoms with Crippen molar-refractivity contribution in [2.75, 3.05) is 0 Å². The molecule has 1 atom stereocenters. The molecule has 2 heteroatoms. The fourth-order valence-electron chi connectivity index (χ4n) is 1.77. The smallest absolute Gasteiger partial charge is 0.134 e. The molecule has 0 aliphatic carbocycles. The van der Waals surface area contributed by atoms with Gasteiger partial charge >= 0.3 is 0 Å². The monoisotopic (exact) mass is 215 g/mol. The Kier molecular flexibility index (Phi) is 3.11. The zero-order valence-corrected chi connectivity index (χ0v) is 9.73. The average Bonchev–Trinajstić information content (AvgIpc) is 2.65. The van der Waals surface area contributed by atoms with Gasteiger partial charge in [-0.2, -0.15) is 0 Å². The Morgan fingerprint density at radius 2 is 1.81 bits per heavy atom. The van der Waals surface area contributed by atoms with Gasteiger partial charge in [0.05, 0.1) is 0 Å². The van der Waals surface area contributed by atoms with Crippen molar-refractivity contribution in [3.8, 4) is 11.3 Å². The van der Waals surface area contributed by atoms with Crippen molar-refractivity contribution in [3.63, 3.8) is 0 Å². The van der Waals surface area contributed by atoms with Crippen LogP contribution in [0.1, 0.15) is 18.2 Å². The van der Waals surface area contributed by atoms with Crippen LogP contribution in [0.2, 0.25) is 0 Å². The number of hydrogen-bond acceptors (Lipinski definition) is 2. The van der Waals surface area contributed by atoms with E-state index >= 15 is 0 Å². The van der Waals surface area contributed by atoms with Gasteiger partial charge in [-0.3, -0.25) is 0 Å². The molecule has 16 heavy (non-hydrogen) atoms. The topological polar surface area (TPSA) is 39.2 Å². The first-order valence-electron chi connectivity index (χ1n) is 5.56. The summed E-state index contributed by atoms with van der Waals surface area (Å²) in [6, 6.07) is 12.6. The summed E-state index contributed by atoms with van der Waals surface area (Å²) in [7, 11) is 0. The molecule has 2 N–H and O–H groups in total. The summed E-state index contributed by atoms with van der Waals surface area (Å²) in [5.74, 6) is 1.86. The summed E-state index contributed by atoms with van der Waals surface area (Å²) in [5.41, 5.74) is 8.14. The van der Waals surface area contributed by atoms with E-state index in [1.165, 1.54) is 5.56 Å². The first kappa shape index (κ1) is 11.0. The summed E-state index contributed by atoms with van der Waals surface area (Å²) in [6.07, 6.45) is 0.914. The second-order valence-electron chi connectivity index (χ2n) is 4.29. The van der Waals surface area contributed by atoms with E-state index in [-0.39, 0.29) is 6.04 Å². The highest BCUT2D eigenvalue weighted by molar-refractivity contribution is 5.57. The quantitative estimate of drug-likeness (QED) is 0.854. The average molecular weight is 215 g/mol. The summed E-state index contributed by atoms with van der Waals surface area (Å²) < 4.78 is 5.57. The van der Waals surface area contributed by atoms with Crippen LogP contribution in [-0.2, 0) is 6.42 Å². The molecule has 0 spiro atoms. The zero-order chi connectivity index (χ0) is 11.5. The van der Waals surface area contributed by atoms with Gasteiger partial charge in [0.2, 0.25) is 0 Å². The van der Waals surface area contributed by atoms with Gasteiger partial charge in [0, 0.05) is 11.6 Å². The maximum Gasteiger partial charge on any atom is 0.134 e. The molecule has 1 heterocycles. The predicted octanol–water partition coefficient (Wildman–Crippen LogP) is 3.14. The third-order valence-electron chi connectivity index (χ3n) is 2.54. The van der Waals surface area contributed by atoms with Crippen molar-refractivity contribution in [1.82, 2.24) is 0 Å². The van der Waals surface area contributed by atoms with E-state index in [1.54, 1.807) is 0 Å². The van der Waals surface area contributed by atoms with E-state index in [4.69, 9.17) is 10.2 Å². The maximum atomic E-state index is 5.76. The van der Waals surface area contributed by atoms with Crippen LogP contribution >= 0.6 is 0 Å². The second kappa shape index (κ2) is 4.54. The fraction of sp³-hybridized carbons (Fsp3) is 0.286. The van der Waals surface area contributed by atoms with Gasteiger partial charge in [-0.15, -0.1) is 0 Å². The van der Waals surface area contributed by atoms with Crippen molar-refractivity contribution in [1.29, 1.82) is 0 Å². The number of furan rings is 1. The van der Waals surface area contributed by atoms with E-state index in [0.29, 0.717) is 0 Å². The molecule has 0 bridgehead atoms. The molecule has 1 unspecified atom stereocenters. The fourth-order valence-corrected chi connectivity index (χ4v) is 1.77. The first-order chi connectivity index (χ1) is 7.65. The molecule has 2 nitrogen and oxygen atoms in total. The van der Waals surface area contributed by atoms with Crippen LogP contribution in [0.15, 0.2) is 40.8 Å². The van der Waals surface area contributed by atoms with Gasteiger partial charge in [0.15, 0.2) is 0 Å². The molecule has 1 aromatic carbocycles. The van der Waals surface area contributed by atoms with Crippen LogP contribution in [0, 0.1) is 6.92 Å². The van der Waals surface area contributed by atoms with Crippen LogP contribution < -0.4 is 5.73 Å². The van der Waals surface area contributed by atoms with Gasteiger partial charge in [-0.1, -0.05) is 24.3 Å². The van der Waals surface area contributed by atoms with E-state index in [1.807, 2.05) is 26.0 Å². The molecule has 0 fully saturated rings. The normalized spacial score (nSPS) is 12.7. The third kappa shape index (κ3) is 2.52. The Labute approximate surface area is 96.1 Å². The largest absolute Gasteiger partial charge is 0.461 e. The van der Waals surface area contributed by atoms with Crippen molar-refractivity contribution >= 4 is 0 Å². The lowest BCUT2D eigenvalue weighted by Crippen LogP contribution is -2.17. The van der Waals surface area contributed by atoms with Crippen molar-refractivity contribution in [2.45, 2.75) is 26.3 Å². The van der Waals surface area contributed by atoms with E-state index in [9.17, 15) is 0 Å². The molecule has 0 aliphatic heterocycles. The molecule has 84 valence electrons. The highest BCUT2D eigenvalue weighted by Crippen LogP contribution is 2.22. The van der Waals surface area contributed by atoms with Crippen LogP contribution in [0.4, 0.5) is 0 Å². The maximum absolute atomic E-state index is 5.76. The lowest BCUT2D eigenvalue weighted by atomic mass is 10.0. The Morgan fingerprint density at radius 3 is 2.31 bits per heavy atom. The van der Waals surface area contributed by atoms with Crippen LogP contribution in [0.5, 0.6) is 0 Å². The molecule has 1 aromatic heterocycles. The molecule has 0 saturated heterocycles. The minimum atomic E-state index is 0.205. The molecule has 2 aromatic rings. The molecule has 0 radical (unpaired) electrons. The molecule has 2 rings (SSSR count). The summed E-state index contributed by atoms with van der Waals surface area (Å²) >= 11 is 0. The highest BCUT2D eigenvalue weighted by atomic mass is 16.3. The second-order valence-corrected chi connectivity index (χ2v) is 4.29. The van der Waals surface area contributed by atoms with E-state index in [0.717, 1.165) is 23.5 Å². The number of rotatable bonds is 3. The number of nitrogens with two attached hydrogens (primary N) is 1. The Bertz CT molecular complexity index is 454. The molecular weight excluding hydrogens is 198 g/mol. The molecule has 0 amide bonds. The Balaban J connectivity index is 2.19. The lowest BCUT2D eigenvalue weighted by Gasteiger charge is -2.05. The first-order valence-corrected chi connectivity index (χ1v) is 5.56. The van der Waals surface area contributed by atoms with E-state index in [2.05, 4.69) is 24.3 Å². The van der Waals surface area contributed by atoms with Gasteiger partial charge in [0.25, 0.3) is 0 Å². The molecule has 0 aliphatic rings. The molecule has 0 saturated carbocycles. The summed E-state index contributed by atoms with van der Waals surface area (Å²) in [6.45, 7) is 3.97. The van der Waals surface area contributed by atoms with Gasteiger partial charge < -0.3 is 10.2 Å². The van der Waals surface area contributed by atoms with Crippen LogP contribution in [-0.4, -0.2) is 6.04 Å². The van der Waals surface area contributed by atoms with Crippen LogP contribution in [0.3, 0.4) is 0 Å². The lowest BCUT2D eigenvalue weighted by molar-refractivity contribution is 0.548. The highest BCUT2D eigenvalue weighted by Gasteiger charge is 2.03. The van der Waals surface area contributed by atoms with E-state index < -0.39 is 0 Å². The molecular formula is C14H17NO. The van der Waals surface area contributed by atoms with Gasteiger partial charge in [-0.25, -0.2) is 0 Å². The van der Waals surface area contributed by atoms with Crippen molar-refractivity contribution < 1.29 is 4.42 Å². The van der Waals surface area contributed by atoms with Crippen molar-refractivity contribution in [2.24, 2.45) is 5.73 Å². The zero-order valence-electron chi connectivity index (χ0n) is 9.73. The third-order valence-corrected chi connectivity index (χ3v) is 2.54. The number of aryl methyl sites for hydroxylation is 1. The van der Waals surface area contributed by atoms with Gasteiger partial charge in [0.1, 0.15) is 11.5 Å². The SMILES string of the molecule is Cc1ccc(-c2ccc(CC(C)N)cc2)o1. The minimum absolute atomic E-state index is 0.205. The Hall–Kier alpha value is -1.54. The number of benzene rings is 1. The van der Waals surface area contributed by atoms with Gasteiger partial charge in [-0.05, 0) is 38.0 Å². The standard InChI is InChI=1S/C14H17NO/c1-10(15)9-12-4-6-13(7-5-12)14-8-3-11(2)16-14/h3-8,10H,9,15H2,1-2H3. The Morgan fingerprint density at radius 1 is 1.12 bits per heavy atom. The minimum Gasteiger partial charge on any atom is -0.461 e.